The fourth-order valence-electron chi connectivity index (χ4n) is 1.24. The lowest BCUT2D eigenvalue weighted by molar-refractivity contribution is 0.0696. The van der Waals surface area contributed by atoms with Crippen LogP contribution in [0.5, 0.6) is 0 Å². The summed E-state index contributed by atoms with van der Waals surface area (Å²) in [4.78, 5) is 11.9. The average Bonchev–Trinajstić information content (AvgIpc) is 2.64. The molecule has 1 heterocycles. The quantitative estimate of drug-likeness (QED) is 0.809. The fraction of sp³-hybridized carbons (Fsp3) is 0.111. The second kappa shape index (κ2) is 3.69. The number of carbonyl (C=O) groups is 1. The third-order valence-electron chi connectivity index (χ3n) is 1.91. The molecule has 0 radical (unpaired) electrons. The Hall–Kier alpha value is -2.31. The third kappa shape index (κ3) is 1.88. The molecule has 6 nitrogen and oxygen atoms in total. The van der Waals surface area contributed by atoms with Crippen molar-refractivity contribution in [1.29, 1.82) is 0 Å². The smallest absolute Gasteiger partial charge is 0.335 e. The molecule has 0 aliphatic carbocycles. The van der Waals surface area contributed by atoms with Crippen molar-refractivity contribution in [2.24, 2.45) is 7.05 Å². The van der Waals surface area contributed by atoms with Gasteiger partial charge in [0.05, 0.1) is 12.6 Å². The van der Waals surface area contributed by atoms with Crippen LogP contribution >= 0.6 is 0 Å². The largest absolute Gasteiger partial charge is 0.478 e. The Morgan fingerprint density at radius 3 is 2.75 bits per heavy atom. The first-order chi connectivity index (χ1) is 7.56. The van der Waals surface area contributed by atoms with Crippen molar-refractivity contribution in [2.45, 2.75) is 0 Å². The predicted molar refractivity (Wildman–Crippen MR) is 51.2 cm³/mol. The SMILES string of the molecule is Cn1nnc(-c2cc(F)cc(C(=O)O)c2)n1. The Morgan fingerprint density at radius 2 is 2.19 bits per heavy atom. The van der Waals surface area contributed by atoms with Crippen molar-refractivity contribution >= 4 is 5.97 Å². The number of halogens is 1. The van der Waals surface area contributed by atoms with E-state index in [2.05, 4.69) is 15.4 Å². The molecule has 1 aromatic heterocycles. The monoisotopic (exact) mass is 222 g/mol. The maximum Gasteiger partial charge on any atom is 0.335 e. The van der Waals surface area contributed by atoms with Crippen LogP contribution in [0.15, 0.2) is 18.2 Å². The molecule has 1 aromatic carbocycles. The second-order valence-corrected chi connectivity index (χ2v) is 3.14. The lowest BCUT2D eigenvalue weighted by atomic mass is 10.1. The minimum Gasteiger partial charge on any atom is -0.478 e. The van der Waals surface area contributed by atoms with Crippen LogP contribution in [-0.2, 0) is 7.05 Å². The van der Waals surface area contributed by atoms with Gasteiger partial charge in [0.25, 0.3) is 0 Å². The number of rotatable bonds is 2. The zero-order valence-electron chi connectivity index (χ0n) is 8.25. The molecule has 0 amide bonds. The minimum atomic E-state index is -1.20. The number of aromatic nitrogens is 4. The Morgan fingerprint density at radius 1 is 1.44 bits per heavy atom. The van der Waals surface area contributed by atoms with E-state index in [9.17, 15) is 9.18 Å². The molecule has 0 spiro atoms. The molecule has 2 rings (SSSR count). The molecule has 16 heavy (non-hydrogen) atoms. The summed E-state index contributed by atoms with van der Waals surface area (Å²) in [7, 11) is 1.56. The highest BCUT2D eigenvalue weighted by atomic mass is 19.1. The van der Waals surface area contributed by atoms with Crippen LogP contribution in [0.25, 0.3) is 11.4 Å². The lowest BCUT2D eigenvalue weighted by Crippen LogP contribution is -1.98. The second-order valence-electron chi connectivity index (χ2n) is 3.14. The topological polar surface area (TPSA) is 80.9 Å². The van der Waals surface area contributed by atoms with E-state index in [1.54, 1.807) is 7.05 Å². The van der Waals surface area contributed by atoms with Gasteiger partial charge in [-0.2, -0.15) is 4.80 Å². The van der Waals surface area contributed by atoms with Crippen molar-refractivity contribution in [3.8, 4) is 11.4 Å². The minimum absolute atomic E-state index is 0.151. The highest BCUT2D eigenvalue weighted by Gasteiger charge is 2.11. The van der Waals surface area contributed by atoms with Gasteiger partial charge in [-0.3, -0.25) is 0 Å². The molecule has 0 saturated carbocycles. The maximum atomic E-state index is 13.1. The Balaban J connectivity index is 2.53. The van der Waals surface area contributed by atoms with Crippen molar-refractivity contribution in [1.82, 2.24) is 20.2 Å². The van der Waals surface area contributed by atoms with Crippen LogP contribution in [0.1, 0.15) is 10.4 Å². The summed E-state index contributed by atoms with van der Waals surface area (Å²) in [5, 5.41) is 19.9. The van der Waals surface area contributed by atoms with E-state index in [0.717, 1.165) is 12.1 Å². The average molecular weight is 222 g/mol. The number of tetrazole rings is 1. The van der Waals surface area contributed by atoms with Crippen molar-refractivity contribution < 1.29 is 14.3 Å². The van der Waals surface area contributed by atoms with Gasteiger partial charge >= 0.3 is 5.97 Å². The molecule has 2 aromatic rings. The fourth-order valence-corrected chi connectivity index (χ4v) is 1.24. The molecule has 0 fully saturated rings. The van der Waals surface area contributed by atoms with Crippen LogP contribution in [-0.4, -0.2) is 31.3 Å². The Kier molecular flexibility index (Phi) is 2.35. The van der Waals surface area contributed by atoms with E-state index in [1.807, 2.05) is 0 Å². The molecule has 1 N–H and O–H groups in total. The van der Waals surface area contributed by atoms with Crippen molar-refractivity contribution in [3.05, 3.63) is 29.6 Å². The van der Waals surface area contributed by atoms with Gasteiger partial charge in [0.15, 0.2) is 0 Å². The van der Waals surface area contributed by atoms with E-state index >= 15 is 0 Å². The van der Waals surface area contributed by atoms with Crippen LogP contribution in [0.4, 0.5) is 4.39 Å². The summed E-state index contributed by atoms with van der Waals surface area (Å²) in [5.41, 5.74) is 0.132. The summed E-state index contributed by atoms with van der Waals surface area (Å²) in [6.07, 6.45) is 0. The summed E-state index contributed by atoms with van der Waals surface area (Å²) < 4.78 is 13.1. The number of carboxylic acid groups (broad SMARTS) is 1. The zero-order chi connectivity index (χ0) is 11.7. The highest BCUT2D eigenvalue weighted by molar-refractivity contribution is 5.89. The van der Waals surface area contributed by atoms with Gasteiger partial charge in [-0.25, -0.2) is 9.18 Å². The number of nitrogens with zero attached hydrogens (tertiary/aromatic N) is 4. The lowest BCUT2D eigenvalue weighted by Gasteiger charge is -1.98. The van der Waals surface area contributed by atoms with Gasteiger partial charge in [0.2, 0.25) is 5.82 Å². The molecule has 0 saturated heterocycles. The molecule has 7 heteroatoms. The number of hydrogen-bond donors (Lipinski definition) is 1. The first kappa shape index (κ1) is 10.2. The zero-order valence-corrected chi connectivity index (χ0v) is 8.25. The summed E-state index contributed by atoms with van der Waals surface area (Å²) >= 11 is 0. The van der Waals surface area contributed by atoms with Crippen molar-refractivity contribution in [3.63, 3.8) is 0 Å². The van der Waals surface area contributed by atoms with E-state index in [4.69, 9.17) is 5.11 Å². The van der Waals surface area contributed by atoms with Gasteiger partial charge in [-0.15, -0.1) is 10.2 Å². The molecule has 0 unspecified atom stereocenters. The van der Waals surface area contributed by atoms with E-state index in [-0.39, 0.29) is 17.0 Å². The van der Waals surface area contributed by atoms with Gasteiger partial charge in [0, 0.05) is 5.56 Å². The normalized spacial score (nSPS) is 10.4. The highest BCUT2D eigenvalue weighted by Crippen LogP contribution is 2.17. The summed E-state index contributed by atoms with van der Waals surface area (Å²) in [5.74, 6) is -1.67. The van der Waals surface area contributed by atoms with E-state index in [1.165, 1.54) is 10.9 Å². The molecule has 0 aliphatic heterocycles. The molecule has 0 atom stereocenters. The van der Waals surface area contributed by atoms with Crippen LogP contribution < -0.4 is 0 Å². The number of aromatic carboxylic acids is 1. The molecule has 82 valence electrons. The van der Waals surface area contributed by atoms with Gasteiger partial charge < -0.3 is 5.11 Å². The first-order valence-electron chi connectivity index (χ1n) is 4.34. The van der Waals surface area contributed by atoms with E-state index in [0.29, 0.717) is 0 Å². The van der Waals surface area contributed by atoms with Gasteiger partial charge in [-0.05, 0) is 23.4 Å². The summed E-state index contributed by atoms with van der Waals surface area (Å²) in [6, 6.07) is 3.38. The predicted octanol–water partition coefficient (Wildman–Crippen LogP) is 0.714. The standard InChI is InChI=1S/C9H7FN4O2/c1-14-12-8(11-13-14)5-2-6(9(15)16)4-7(10)3-5/h2-4H,1H3,(H,15,16). The summed E-state index contributed by atoms with van der Waals surface area (Å²) in [6.45, 7) is 0. The van der Waals surface area contributed by atoms with Crippen LogP contribution in [0.2, 0.25) is 0 Å². The molecule has 0 aliphatic rings. The van der Waals surface area contributed by atoms with Gasteiger partial charge in [0.1, 0.15) is 5.82 Å². The molecular weight excluding hydrogens is 215 g/mol. The Labute approximate surface area is 89.3 Å². The van der Waals surface area contributed by atoms with Crippen LogP contribution in [0.3, 0.4) is 0 Å². The number of benzene rings is 1. The van der Waals surface area contributed by atoms with Gasteiger partial charge in [-0.1, -0.05) is 0 Å². The number of aryl methyl sites for hydroxylation is 1. The number of hydrogen-bond acceptors (Lipinski definition) is 4. The molecular formula is C9H7FN4O2. The Bertz CT molecular complexity index is 552. The maximum absolute atomic E-state index is 13.1. The molecule has 0 bridgehead atoms. The third-order valence-corrected chi connectivity index (χ3v) is 1.91. The van der Waals surface area contributed by atoms with Crippen LogP contribution in [0, 0.1) is 5.82 Å². The number of carboxylic acids is 1. The van der Waals surface area contributed by atoms with E-state index < -0.39 is 11.8 Å². The van der Waals surface area contributed by atoms with Crippen molar-refractivity contribution in [2.75, 3.05) is 0 Å². The first-order valence-corrected chi connectivity index (χ1v) is 4.34.